The lowest BCUT2D eigenvalue weighted by atomic mass is 9.96. The van der Waals surface area contributed by atoms with Crippen molar-refractivity contribution in [2.45, 2.75) is 33.2 Å². The SMILES string of the molecule is CC(=N)N1CCC(CN(Cc2cc(C)cc(-c3cccc(C(=N)N)c3)c2)S(C)(=O)=O)CC1. The monoisotopic (exact) mass is 455 g/mol. The molecule has 4 N–H and O–H groups in total. The highest BCUT2D eigenvalue weighted by atomic mass is 32.2. The predicted octanol–water partition coefficient (Wildman–Crippen LogP) is 3.42. The van der Waals surface area contributed by atoms with Crippen molar-refractivity contribution in [3.63, 3.8) is 0 Å². The zero-order valence-corrected chi connectivity index (χ0v) is 19.9. The first-order valence-corrected chi connectivity index (χ1v) is 12.7. The van der Waals surface area contributed by atoms with Gasteiger partial charge in [-0.3, -0.25) is 10.8 Å². The van der Waals surface area contributed by atoms with Crippen LogP contribution in [0.1, 0.15) is 36.5 Å². The summed E-state index contributed by atoms with van der Waals surface area (Å²) in [5.41, 5.74) is 10.2. The normalized spacial score (nSPS) is 15.2. The number of nitrogens with two attached hydrogens (primary N) is 1. The van der Waals surface area contributed by atoms with Crippen molar-refractivity contribution in [2.24, 2.45) is 11.7 Å². The van der Waals surface area contributed by atoms with Crippen molar-refractivity contribution >= 4 is 21.7 Å². The van der Waals surface area contributed by atoms with E-state index in [9.17, 15) is 8.42 Å². The van der Waals surface area contributed by atoms with Gasteiger partial charge in [0.1, 0.15) is 5.84 Å². The number of amidine groups is 2. The molecule has 32 heavy (non-hydrogen) atoms. The summed E-state index contributed by atoms with van der Waals surface area (Å²) in [7, 11) is -3.37. The molecule has 0 aromatic heterocycles. The molecule has 172 valence electrons. The van der Waals surface area contributed by atoms with Crippen LogP contribution in [0.15, 0.2) is 42.5 Å². The second-order valence-corrected chi connectivity index (χ2v) is 10.8. The van der Waals surface area contributed by atoms with E-state index < -0.39 is 10.0 Å². The second kappa shape index (κ2) is 9.83. The second-order valence-electron chi connectivity index (χ2n) is 8.77. The maximum atomic E-state index is 12.6. The summed E-state index contributed by atoms with van der Waals surface area (Å²) in [6.45, 7) is 6.22. The van der Waals surface area contributed by atoms with Crippen LogP contribution in [0.2, 0.25) is 0 Å². The predicted molar refractivity (Wildman–Crippen MR) is 131 cm³/mol. The molecule has 0 aliphatic carbocycles. The average Bonchev–Trinajstić information content (AvgIpc) is 2.72. The van der Waals surface area contributed by atoms with Crippen LogP contribution in [0.3, 0.4) is 0 Å². The first-order valence-electron chi connectivity index (χ1n) is 10.8. The van der Waals surface area contributed by atoms with Gasteiger partial charge in [0.15, 0.2) is 0 Å². The first kappa shape index (κ1) is 23.9. The highest BCUT2D eigenvalue weighted by Gasteiger charge is 2.26. The molecule has 1 saturated heterocycles. The van der Waals surface area contributed by atoms with Crippen LogP contribution in [0, 0.1) is 23.7 Å². The molecule has 0 spiro atoms. The average molecular weight is 456 g/mol. The van der Waals surface area contributed by atoms with Crippen molar-refractivity contribution in [1.82, 2.24) is 9.21 Å². The van der Waals surface area contributed by atoms with Crippen molar-refractivity contribution in [3.8, 4) is 11.1 Å². The minimum atomic E-state index is -3.37. The van der Waals surface area contributed by atoms with Gasteiger partial charge in [-0.1, -0.05) is 35.9 Å². The van der Waals surface area contributed by atoms with Gasteiger partial charge in [-0.15, -0.1) is 0 Å². The smallest absolute Gasteiger partial charge is 0.211 e. The van der Waals surface area contributed by atoms with E-state index in [1.54, 1.807) is 17.3 Å². The number of benzene rings is 2. The van der Waals surface area contributed by atoms with Gasteiger partial charge in [0.05, 0.1) is 12.1 Å². The molecule has 0 saturated carbocycles. The molecule has 1 fully saturated rings. The minimum absolute atomic E-state index is 0.0206. The van der Waals surface area contributed by atoms with Crippen LogP contribution >= 0.6 is 0 Å². The van der Waals surface area contributed by atoms with Crippen molar-refractivity contribution in [1.29, 1.82) is 10.8 Å². The number of sulfonamides is 1. The van der Waals surface area contributed by atoms with Crippen molar-refractivity contribution in [2.75, 3.05) is 25.9 Å². The molecule has 3 rings (SSSR count). The van der Waals surface area contributed by atoms with E-state index in [4.69, 9.17) is 16.6 Å². The number of hydrogen-bond donors (Lipinski definition) is 3. The number of piperidine rings is 1. The molecule has 0 bridgehead atoms. The summed E-state index contributed by atoms with van der Waals surface area (Å²) in [5, 5.41) is 15.5. The Kier molecular flexibility index (Phi) is 7.36. The van der Waals surface area contributed by atoms with Gasteiger partial charge in [-0.2, -0.15) is 4.31 Å². The summed E-state index contributed by atoms with van der Waals surface area (Å²) in [6, 6.07) is 13.6. The van der Waals surface area contributed by atoms with E-state index in [0.717, 1.165) is 48.2 Å². The number of nitrogen functional groups attached to an aromatic ring is 1. The molecule has 2 aromatic carbocycles. The van der Waals surface area contributed by atoms with Gasteiger partial charge < -0.3 is 10.6 Å². The molecule has 0 amide bonds. The zero-order chi connectivity index (χ0) is 23.5. The van der Waals surface area contributed by atoms with Crippen LogP contribution in [0.25, 0.3) is 11.1 Å². The molecule has 0 atom stereocenters. The van der Waals surface area contributed by atoms with Crippen molar-refractivity contribution < 1.29 is 8.42 Å². The fourth-order valence-corrected chi connectivity index (χ4v) is 5.11. The van der Waals surface area contributed by atoms with E-state index in [1.807, 2.05) is 42.2 Å². The Labute approximate surface area is 191 Å². The number of hydrogen-bond acceptors (Lipinski definition) is 4. The molecular weight excluding hydrogens is 422 g/mol. The molecule has 1 aliphatic rings. The molecule has 1 aliphatic heterocycles. The lowest BCUT2D eigenvalue weighted by Crippen LogP contribution is -2.41. The number of nitrogens with zero attached hydrogens (tertiary/aromatic N) is 2. The molecule has 0 radical (unpaired) electrons. The Balaban J connectivity index is 1.81. The zero-order valence-electron chi connectivity index (χ0n) is 19.1. The summed E-state index contributed by atoms with van der Waals surface area (Å²) < 4.78 is 26.7. The molecule has 1 heterocycles. The number of rotatable bonds is 7. The van der Waals surface area contributed by atoms with Gasteiger partial charge in [0.2, 0.25) is 10.0 Å². The topological polar surface area (TPSA) is 114 Å². The Morgan fingerprint density at radius 2 is 1.81 bits per heavy atom. The Morgan fingerprint density at radius 1 is 1.12 bits per heavy atom. The van der Waals surface area contributed by atoms with Gasteiger partial charge in [-0.25, -0.2) is 8.42 Å². The Hall–Kier alpha value is -2.71. The summed E-state index contributed by atoms with van der Waals surface area (Å²) in [6.07, 6.45) is 3.05. The number of nitrogens with one attached hydrogen (secondary N) is 2. The van der Waals surface area contributed by atoms with Gasteiger partial charge in [0, 0.05) is 31.7 Å². The Morgan fingerprint density at radius 3 is 2.41 bits per heavy atom. The van der Waals surface area contributed by atoms with Crippen molar-refractivity contribution in [3.05, 3.63) is 59.2 Å². The Bertz CT molecular complexity index is 1110. The van der Waals surface area contributed by atoms with Gasteiger partial charge >= 0.3 is 0 Å². The summed E-state index contributed by atoms with van der Waals surface area (Å²) in [4.78, 5) is 2.04. The van der Waals surface area contributed by atoms with Crippen LogP contribution in [-0.2, 0) is 16.6 Å². The standard InChI is InChI=1S/C24H33N5O2S/c1-17-11-20(13-23(12-17)21-5-4-6-22(14-21)24(26)27)16-29(32(3,30)31)15-19-7-9-28(10-8-19)18(2)25/h4-6,11-14,19,25H,7-10,15-16H2,1-3H3,(H3,26,27). The maximum absolute atomic E-state index is 12.6. The third kappa shape index (κ3) is 6.17. The number of likely N-dealkylation sites (tertiary alicyclic amines) is 1. The highest BCUT2D eigenvalue weighted by molar-refractivity contribution is 7.88. The lowest BCUT2D eigenvalue weighted by Gasteiger charge is -2.34. The number of aryl methyl sites for hydroxylation is 1. The van der Waals surface area contributed by atoms with E-state index in [1.165, 1.54) is 6.26 Å². The van der Waals surface area contributed by atoms with Crippen LogP contribution in [0.4, 0.5) is 0 Å². The van der Waals surface area contributed by atoms with Gasteiger partial charge in [-0.05, 0) is 61.4 Å². The van der Waals surface area contributed by atoms with E-state index in [-0.39, 0.29) is 11.8 Å². The molecular formula is C24H33N5O2S. The fraction of sp³-hybridized carbons (Fsp3) is 0.417. The van der Waals surface area contributed by atoms with Crippen LogP contribution in [-0.4, -0.2) is 55.2 Å². The molecule has 2 aromatic rings. The maximum Gasteiger partial charge on any atom is 0.211 e. The summed E-state index contributed by atoms with van der Waals surface area (Å²) in [5.74, 6) is 0.883. The van der Waals surface area contributed by atoms with Gasteiger partial charge in [0.25, 0.3) is 0 Å². The molecule has 8 heteroatoms. The quantitative estimate of drug-likeness (QED) is 0.438. The first-order chi connectivity index (χ1) is 15.0. The van der Waals surface area contributed by atoms with E-state index in [2.05, 4.69) is 6.07 Å². The minimum Gasteiger partial charge on any atom is -0.384 e. The summed E-state index contributed by atoms with van der Waals surface area (Å²) >= 11 is 0. The highest BCUT2D eigenvalue weighted by Crippen LogP contribution is 2.26. The fourth-order valence-electron chi connectivity index (χ4n) is 4.25. The van der Waals surface area contributed by atoms with E-state index >= 15 is 0 Å². The molecule has 7 nitrogen and oxygen atoms in total. The third-order valence-corrected chi connectivity index (χ3v) is 7.24. The van der Waals surface area contributed by atoms with Crippen LogP contribution < -0.4 is 5.73 Å². The largest absolute Gasteiger partial charge is 0.384 e. The van der Waals surface area contributed by atoms with E-state index in [0.29, 0.717) is 24.5 Å². The lowest BCUT2D eigenvalue weighted by molar-refractivity contribution is 0.226. The molecule has 0 unspecified atom stereocenters. The van der Waals surface area contributed by atoms with Crippen LogP contribution in [0.5, 0.6) is 0 Å². The third-order valence-electron chi connectivity index (χ3n) is 6.02.